The molecule has 5 N–H and O–H groups in total. The molecule has 5 heteroatoms. The molecule has 0 aromatic carbocycles. The van der Waals surface area contributed by atoms with Crippen LogP contribution in [0.4, 0.5) is 0 Å². The van der Waals surface area contributed by atoms with E-state index in [1.807, 2.05) is 0 Å². The standard InChI is InChI=1S/C3H6N4.H3N/c4-7-2-1-5-6-3-7;/h1-2H,3-4H2;1H3. The molecular weight excluding hydrogens is 106 g/mol. The van der Waals surface area contributed by atoms with Crippen LogP contribution in [0, 0.1) is 0 Å². The van der Waals surface area contributed by atoms with Crippen molar-refractivity contribution >= 4 is 0 Å². The molecule has 1 heterocycles. The predicted molar refractivity (Wildman–Crippen MR) is 29.9 cm³/mol. The molecule has 1 rings (SSSR count). The van der Waals surface area contributed by atoms with Crippen molar-refractivity contribution in [3.05, 3.63) is 12.4 Å². The highest BCUT2D eigenvalue weighted by molar-refractivity contribution is 4.78. The van der Waals surface area contributed by atoms with E-state index in [-0.39, 0.29) is 6.15 Å². The van der Waals surface area contributed by atoms with Crippen molar-refractivity contribution in [2.45, 2.75) is 0 Å². The molecule has 0 aromatic rings. The summed E-state index contributed by atoms with van der Waals surface area (Å²) in [7, 11) is 0. The Kier molecular flexibility index (Phi) is 2.75. The fourth-order valence-electron chi connectivity index (χ4n) is 0.319. The summed E-state index contributed by atoms with van der Waals surface area (Å²) in [5.41, 5.74) is 0. The molecule has 0 bridgehead atoms. The second kappa shape index (κ2) is 3.11. The van der Waals surface area contributed by atoms with Gasteiger partial charge in [0.2, 0.25) is 0 Å². The lowest BCUT2D eigenvalue weighted by Gasteiger charge is -2.09. The van der Waals surface area contributed by atoms with Crippen molar-refractivity contribution < 1.29 is 0 Å². The summed E-state index contributed by atoms with van der Waals surface area (Å²) < 4.78 is 0. The highest BCUT2D eigenvalue weighted by Crippen LogP contribution is 1.89. The number of nitrogens with two attached hydrogens (primary N) is 1. The molecule has 0 spiro atoms. The fraction of sp³-hybridized carbons (Fsp3) is 0.333. The highest BCUT2D eigenvalue weighted by atomic mass is 15.5. The van der Waals surface area contributed by atoms with Crippen LogP contribution in [0.2, 0.25) is 0 Å². The van der Waals surface area contributed by atoms with Gasteiger partial charge in [0, 0.05) is 6.20 Å². The molecule has 0 unspecified atom stereocenters. The van der Waals surface area contributed by atoms with E-state index in [9.17, 15) is 0 Å². The largest absolute Gasteiger partial charge is 0.344 e. The monoisotopic (exact) mass is 115 g/mol. The van der Waals surface area contributed by atoms with Crippen molar-refractivity contribution in [1.29, 1.82) is 0 Å². The number of hydrazine groups is 1. The lowest BCUT2D eigenvalue weighted by molar-refractivity contribution is 0.388. The third kappa shape index (κ3) is 1.67. The third-order valence-electron chi connectivity index (χ3n) is 0.633. The molecule has 5 nitrogen and oxygen atoms in total. The van der Waals surface area contributed by atoms with Crippen molar-refractivity contribution in [3.8, 4) is 0 Å². The van der Waals surface area contributed by atoms with E-state index in [1.54, 1.807) is 12.4 Å². The number of rotatable bonds is 0. The maximum absolute atomic E-state index is 5.23. The molecular formula is C3H9N5. The Bertz CT molecular complexity index is 106. The summed E-state index contributed by atoms with van der Waals surface area (Å²) in [5, 5.41) is 8.60. The zero-order chi connectivity index (χ0) is 5.11. The Labute approximate surface area is 47.4 Å². The van der Waals surface area contributed by atoms with Gasteiger partial charge < -0.3 is 6.15 Å². The van der Waals surface area contributed by atoms with Crippen LogP contribution < -0.4 is 12.0 Å². The van der Waals surface area contributed by atoms with Gasteiger partial charge in [-0.2, -0.15) is 10.2 Å². The van der Waals surface area contributed by atoms with Crippen molar-refractivity contribution in [1.82, 2.24) is 11.2 Å². The molecule has 0 saturated carbocycles. The molecule has 0 saturated heterocycles. The highest BCUT2D eigenvalue weighted by Gasteiger charge is 1.88. The summed E-state index contributed by atoms with van der Waals surface area (Å²) in [6, 6.07) is 0. The van der Waals surface area contributed by atoms with Gasteiger partial charge in [-0.1, -0.05) is 0 Å². The van der Waals surface area contributed by atoms with Gasteiger partial charge in [-0.3, -0.25) is 5.01 Å². The first-order chi connectivity index (χ1) is 3.39. The summed E-state index contributed by atoms with van der Waals surface area (Å²) in [5.74, 6) is 5.23. The van der Waals surface area contributed by atoms with Gasteiger partial charge in [-0.25, -0.2) is 5.84 Å². The first-order valence-electron chi connectivity index (χ1n) is 1.94. The molecule has 0 fully saturated rings. The quantitative estimate of drug-likeness (QED) is 0.442. The molecule has 0 atom stereocenters. The lowest BCUT2D eigenvalue weighted by atomic mass is 10.8. The van der Waals surface area contributed by atoms with Crippen molar-refractivity contribution in [2.75, 3.05) is 6.67 Å². The second-order valence-corrected chi connectivity index (χ2v) is 1.21. The zero-order valence-electron chi connectivity index (χ0n) is 4.49. The normalized spacial score (nSPS) is 15.9. The fourth-order valence-corrected chi connectivity index (χ4v) is 0.319. The summed E-state index contributed by atoms with van der Waals surface area (Å²) >= 11 is 0. The Morgan fingerprint density at radius 2 is 2.38 bits per heavy atom. The van der Waals surface area contributed by atoms with E-state index in [1.165, 1.54) is 5.01 Å². The molecule has 0 aromatic heterocycles. The Balaban J connectivity index is 0.000000490. The summed E-state index contributed by atoms with van der Waals surface area (Å²) in [6.07, 6.45) is 3.20. The van der Waals surface area contributed by atoms with E-state index in [4.69, 9.17) is 5.84 Å². The molecule has 0 aliphatic carbocycles. The van der Waals surface area contributed by atoms with E-state index in [2.05, 4.69) is 10.2 Å². The van der Waals surface area contributed by atoms with Gasteiger partial charge in [0.05, 0.1) is 6.20 Å². The minimum atomic E-state index is 0. The molecule has 1 aliphatic rings. The molecule has 46 valence electrons. The van der Waals surface area contributed by atoms with Crippen LogP contribution in [0.3, 0.4) is 0 Å². The maximum atomic E-state index is 5.23. The number of hydrogen-bond acceptors (Lipinski definition) is 5. The topological polar surface area (TPSA) is 89.0 Å². The third-order valence-corrected chi connectivity index (χ3v) is 0.633. The van der Waals surface area contributed by atoms with E-state index < -0.39 is 0 Å². The number of nitrogens with zero attached hydrogens (tertiary/aromatic N) is 3. The van der Waals surface area contributed by atoms with Gasteiger partial charge in [0.25, 0.3) is 0 Å². The predicted octanol–water partition coefficient (Wildman–Crippen LogP) is 0.219. The lowest BCUT2D eigenvalue weighted by Crippen LogP contribution is -2.25. The Morgan fingerprint density at radius 3 is 2.62 bits per heavy atom. The first kappa shape index (κ1) is 7.06. The van der Waals surface area contributed by atoms with Crippen LogP contribution >= 0.6 is 0 Å². The smallest absolute Gasteiger partial charge is 0.145 e. The van der Waals surface area contributed by atoms with Crippen LogP contribution in [0.15, 0.2) is 22.6 Å². The number of azo groups is 1. The van der Waals surface area contributed by atoms with Gasteiger partial charge in [-0.05, 0) is 0 Å². The zero-order valence-corrected chi connectivity index (χ0v) is 4.49. The van der Waals surface area contributed by atoms with Crippen LogP contribution in [0.25, 0.3) is 0 Å². The van der Waals surface area contributed by atoms with Crippen molar-refractivity contribution in [2.24, 2.45) is 16.1 Å². The van der Waals surface area contributed by atoms with E-state index in [0.717, 1.165) is 0 Å². The van der Waals surface area contributed by atoms with Crippen molar-refractivity contribution in [3.63, 3.8) is 0 Å². The van der Waals surface area contributed by atoms with Crippen LogP contribution in [-0.2, 0) is 0 Å². The number of hydrogen-bond donors (Lipinski definition) is 2. The molecule has 0 radical (unpaired) electrons. The van der Waals surface area contributed by atoms with Crippen LogP contribution in [0.1, 0.15) is 0 Å². The minimum absolute atomic E-state index is 0. The van der Waals surface area contributed by atoms with Gasteiger partial charge in [-0.15, -0.1) is 0 Å². The van der Waals surface area contributed by atoms with E-state index in [0.29, 0.717) is 6.67 Å². The SMILES string of the molecule is N.NN1C=CN=NC1. The average Bonchev–Trinajstić information content (AvgIpc) is 1.69. The van der Waals surface area contributed by atoms with Gasteiger partial charge >= 0.3 is 0 Å². The second-order valence-electron chi connectivity index (χ2n) is 1.21. The Hall–Kier alpha value is -0.940. The first-order valence-corrected chi connectivity index (χ1v) is 1.94. The van der Waals surface area contributed by atoms with Gasteiger partial charge in [0.15, 0.2) is 0 Å². The molecule has 8 heavy (non-hydrogen) atoms. The van der Waals surface area contributed by atoms with Crippen LogP contribution in [-0.4, -0.2) is 11.7 Å². The van der Waals surface area contributed by atoms with Crippen LogP contribution in [0.5, 0.6) is 0 Å². The summed E-state index contributed by atoms with van der Waals surface area (Å²) in [4.78, 5) is 0. The van der Waals surface area contributed by atoms with Gasteiger partial charge in [0.1, 0.15) is 6.67 Å². The van der Waals surface area contributed by atoms with E-state index >= 15 is 0 Å². The summed E-state index contributed by atoms with van der Waals surface area (Å²) in [6.45, 7) is 0.469. The average molecular weight is 115 g/mol. The molecule has 0 amide bonds. The molecule has 1 aliphatic heterocycles. The minimum Gasteiger partial charge on any atom is -0.344 e. The Morgan fingerprint density at radius 1 is 1.62 bits per heavy atom. The maximum Gasteiger partial charge on any atom is 0.145 e.